The number of carboxylic acids is 1. The van der Waals surface area contributed by atoms with Crippen LogP contribution in [0.4, 0.5) is 4.39 Å². The Kier molecular flexibility index (Phi) is 5.06. The molecule has 0 aliphatic rings. The van der Waals surface area contributed by atoms with Crippen molar-refractivity contribution >= 4 is 5.97 Å². The second-order valence-corrected chi connectivity index (χ2v) is 5.08. The van der Waals surface area contributed by atoms with Crippen LogP contribution >= 0.6 is 0 Å². The van der Waals surface area contributed by atoms with E-state index in [1.165, 1.54) is 17.7 Å². The average Bonchev–Trinajstić information content (AvgIpc) is 2.48. The average molecular weight is 287 g/mol. The molecule has 0 aromatic heterocycles. The summed E-state index contributed by atoms with van der Waals surface area (Å²) in [5.41, 5.74) is 1.73. The van der Waals surface area contributed by atoms with Gasteiger partial charge in [-0.05, 0) is 31.2 Å². The lowest BCUT2D eigenvalue weighted by Crippen LogP contribution is -2.21. The van der Waals surface area contributed by atoms with E-state index in [1.54, 1.807) is 0 Å². The van der Waals surface area contributed by atoms with Gasteiger partial charge in [0.05, 0.1) is 5.56 Å². The van der Waals surface area contributed by atoms with Gasteiger partial charge in [0.1, 0.15) is 5.82 Å². The lowest BCUT2D eigenvalue weighted by Gasteiger charge is -2.17. The van der Waals surface area contributed by atoms with E-state index < -0.39 is 11.8 Å². The van der Waals surface area contributed by atoms with Gasteiger partial charge in [-0.15, -0.1) is 0 Å². The first-order valence-corrected chi connectivity index (χ1v) is 6.80. The first-order valence-electron chi connectivity index (χ1n) is 6.80. The second kappa shape index (κ2) is 6.99. The lowest BCUT2D eigenvalue weighted by atomic mass is 10.1. The molecule has 0 aliphatic heterocycles. The van der Waals surface area contributed by atoms with Crippen LogP contribution in [0.25, 0.3) is 0 Å². The number of benzene rings is 2. The molecule has 2 aromatic carbocycles. The van der Waals surface area contributed by atoms with Crippen molar-refractivity contribution in [1.82, 2.24) is 4.90 Å². The third-order valence-corrected chi connectivity index (χ3v) is 3.37. The van der Waals surface area contributed by atoms with Crippen molar-refractivity contribution in [2.75, 3.05) is 13.6 Å². The van der Waals surface area contributed by atoms with Gasteiger partial charge in [0, 0.05) is 18.7 Å². The fourth-order valence-electron chi connectivity index (χ4n) is 2.14. The molecule has 0 spiro atoms. The molecular formula is C17H18FNO2. The van der Waals surface area contributed by atoms with Crippen molar-refractivity contribution in [3.63, 3.8) is 0 Å². The van der Waals surface area contributed by atoms with Crippen LogP contribution < -0.4 is 0 Å². The predicted molar refractivity (Wildman–Crippen MR) is 79.8 cm³/mol. The van der Waals surface area contributed by atoms with Gasteiger partial charge in [0.2, 0.25) is 0 Å². The van der Waals surface area contributed by atoms with E-state index in [9.17, 15) is 9.18 Å². The van der Waals surface area contributed by atoms with Gasteiger partial charge in [0.25, 0.3) is 0 Å². The van der Waals surface area contributed by atoms with E-state index in [2.05, 4.69) is 12.1 Å². The molecule has 2 rings (SSSR count). The summed E-state index contributed by atoms with van der Waals surface area (Å²) >= 11 is 0. The van der Waals surface area contributed by atoms with E-state index in [1.807, 2.05) is 30.1 Å². The first kappa shape index (κ1) is 15.2. The van der Waals surface area contributed by atoms with Crippen LogP contribution in [0.3, 0.4) is 0 Å². The molecule has 21 heavy (non-hydrogen) atoms. The molecule has 0 heterocycles. The maximum Gasteiger partial charge on any atom is 0.335 e. The highest BCUT2D eigenvalue weighted by Crippen LogP contribution is 2.13. The zero-order valence-electron chi connectivity index (χ0n) is 11.9. The maximum atomic E-state index is 13.8. The van der Waals surface area contributed by atoms with Crippen LogP contribution in [-0.4, -0.2) is 29.6 Å². The normalized spacial score (nSPS) is 10.8. The third kappa shape index (κ3) is 4.39. The van der Waals surface area contributed by atoms with Crippen molar-refractivity contribution < 1.29 is 14.3 Å². The minimum atomic E-state index is -1.11. The number of hydrogen-bond donors (Lipinski definition) is 1. The fraction of sp³-hybridized carbons (Fsp3) is 0.235. The monoisotopic (exact) mass is 287 g/mol. The van der Waals surface area contributed by atoms with Gasteiger partial charge in [-0.3, -0.25) is 0 Å². The number of nitrogens with zero attached hydrogens (tertiary/aromatic N) is 1. The van der Waals surface area contributed by atoms with Crippen molar-refractivity contribution in [2.24, 2.45) is 0 Å². The Morgan fingerprint density at radius 1 is 1.19 bits per heavy atom. The topological polar surface area (TPSA) is 40.5 Å². The van der Waals surface area contributed by atoms with Crippen LogP contribution in [0.5, 0.6) is 0 Å². The van der Waals surface area contributed by atoms with Crippen molar-refractivity contribution in [3.05, 3.63) is 71.0 Å². The summed E-state index contributed by atoms with van der Waals surface area (Å²) in [7, 11) is 1.92. The van der Waals surface area contributed by atoms with Crippen LogP contribution in [0.2, 0.25) is 0 Å². The Balaban J connectivity index is 1.93. The fourth-order valence-corrected chi connectivity index (χ4v) is 2.14. The summed E-state index contributed by atoms with van der Waals surface area (Å²) in [6, 6.07) is 14.2. The largest absolute Gasteiger partial charge is 0.478 e. The van der Waals surface area contributed by atoms with E-state index in [-0.39, 0.29) is 5.56 Å². The van der Waals surface area contributed by atoms with Crippen molar-refractivity contribution in [3.8, 4) is 0 Å². The molecule has 110 valence electrons. The molecular weight excluding hydrogens is 269 g/mol. The highest BCUT2D eigenvalue weighted by Gasteiger charge is 2.10. The number of carboxylic acid groups (broad SMARTS) is 1. The molecule has 1 N–H and O–H groups in total. The number of aromatic carboxylic acids is 1. The van der Waals surface area contributed by atoms with Crippen LogP contribution in [0.15, 0.2) is 48.5 Å². The molecule has 3 nitrogen and oxygen atoms in total. The van der Waals surface area contributed by atoms with E-state index >= 15 is 0 Å². The summed E-state index contributed by atoms with van der Waals surface area (Å²) < 4.78 is 13.8. The zero-order chi connectivity index (χ0) is 15.2. The summed E-state index contributed by atoms with van der Waals surface area (Å²) in [4.78, 5) is 12.8. The molecule has 0 fully saturated rings. The van der Waals surface area contributed by atoms with E-state index in [4.69, 9.17) is 5.11 Å². The van der Waals surface area contributed by atoms with Crippen molar-refractivity contribution in [2.45, 2.75) is 13.0 Å². The van der Waals surface area contributed by atoms with Crippen molar-refractivity contribution in [1.29, 1.82) is 0 Å². The molecule has 0 atom stereocenters. The van der Waals surface area contributed by atoms with Gasteiger partial charge in [-0.25, -0.2) is 9.18 Å². The summed E-state index contributed by atoms with van der Waals surface area (Å²) in [5, 5.41) is 8.82. The Morgan fingerprint density at radius 2 is 1.90 bits per heavy atom. The Hall–Kier alpha value is -2.20. The van der Waals surface area contributed by atoms with Crippen LogP contribution in [0, 0.1) is 5.82 Å². The molecule has 0 bridgehead atoms. The van der Waals surface area contributed by atoms with Gasteiger partial charge in [-0.1, -0.05) is 36.4 Å². The Morgan fingerprint density at radius 3 is 2.52 bits per heavy atom. The molecule has 0 saturated carbocycles. The van der Waals surface area contributed by atoms with Gasteiger partial charge in [0.15, 0.2) is 0 Å². The minimum Gasteiger partial charge on any atom is -0.478 e. The van der Waals surface area contributed by atoms with Crippen LogP contribution in [-0.2, 0) is 13.0 Å². The highest BCUT2D eigenvalue weighted by atomic mass is 19.1. The standard InChI is InChI=1S/C17H18FNO2/c1-19(10-9-13-5-3-2-4-6-13)12-15-8-7-14(17(20)21)11-16(15)18/h2-8,11H,9-10,12H2,1H3,(H,20,21). The molecule has 0 unspecified atom stereocenters. The highest BCUT2D eigenvalue weighted by molar-refractivity contribution is 5.87. The van der Waals surface area contributed by atoms with Gasteiger partial charge >= 0.3 is 5.97 Å². The smallest absolute Gasteiger partial charge is 0.335 e. The van der Waals surface area contributed by atoms with Crippen LogP contribution in [0.1, 0.15) is 21.5 Å². The van der Waals surface area contributed by atoms with E-state index in [0.29, 0.717) is 12.1 Å². The number of carbonyl (C=O) groups is 1. The molecule has 0 radical (unpaired) electrons. The molecule has 4 heteroatoms. The predicted octanol–water partition coefficient (Wildman–Crippen LogP) is 3.20. The maximum absolute atomic E-state index is 13.8. The zero-order valence-corrected chi connectivity index (χ0v) is 11.9. The minimum absolute atomic E-state index is 0.0248. The second-order valence-electron chi connectivity index (χ2n) is 5.08. The Labute approximate surface area is 123 Å². The number of rotatable bonds is 6. The van der Waals surface area contributed by atoms with Gasteiger partial charge in [-0.2, -0.15) is 0 Å². The molecule has 2 aromatic rings. The summed E-state index contributed by atoms with van der Waals surface area (Å²) in [6.07, 6.45) is 0.895. The van der Waals surface area contributed by atoms with Gasteiger partial charge < -0.3 is 10.0 Å². The number of hydrogen-bond acceptors (Lipinski definition) is 2. The molecule has 0 amide bonds. The number of halogens is 1. The quantitative estimate of drug-likeness (QED) is 0.887. The summed E-state index contributed by atoms with van der Waals surface area (Å²) in [6.45, 7) is 1.27. The summed E-state index contributed by atoms with van der Waals surface area (Å²) in [5.74, 6) is -1.58. The lowest BCUT2D eigenvalue weighted by molar-refractivity contribution is 0.0696. The number of likely N-dealkylation sites (N-methyl/N-ethyl adjacent to an activating group) is 1. The van der Waals surface area contributed by atoms with E-state index in [0.717, 1.165) is 19.0 Å². The SMILES string of the molecule is CN(CCc1ccccc1)Cc1ccc(C(=O)O)cc1F. The first-order chi connectivity index (χ1) is 10.1. The molecule has 0 saturated heterocycles. The third-order valence-electron chi connectivity index (χ3n) is 3.37. The molecule has 0 aliphatic carbocycles. The Bertz CT molecular complexity index is 613.